The molecule has 1 aliphatic heterocycles. The Bertz CT molecular complexity index is 565. The number of benzene rings is 2. The van der Waals surface area contributed by atoms with E-state index in [0.717, 1.165) is 13.1 Å². The topological polar surface area (TPSA) is 24.1 Å². The minimum Gasteiger partial charge on any atom is -0.309 e. The van der Waals surface area contributed by atoms with Crippen molar-refractivity contribution in [2.45, 2.75) is 38.4 Å². The highest BCUT2D eigenvalue weighted by molar-refractivity contribution is 5.26. The van der Waals surface area contributed by atoms with Crippen LogP contribution in [0.5, 0.6) is 0 Å². The second kappa shape index (κ2) is 6.88. The van der Waals surface area contributed by atoms with E-state index in [-0.39, 0.29) is 0 Å². The van der Waals surface area contributed by atoms with Crippen molar-refractivity contribution in [3.8, 4) is 0 Å². The molecule has 0 bridgehead atoms. The quantitative estimate of drug-likeness (QED) is 0.894. The monoisotopic (exact) mass is 280 g/mol. The molecule has 0 aromatic heterocycles. The van der Waals surface area contributed by atoms with E-state index in [1.165, 1.54) is 29.5 Å². The Labute approximate surface area is 127 Å². The highest BCUT2D eigenvalue weighted by Gasteiger charge is 2.25. The van der Waals surface area contributed by atoms with Gasteiger partial charge in [0.15, 0.2) is 0 Å². The van der Waals surface area contributed by atoms with Crippen molar-refractivity contribution in [2.75, 3.05) is 6.54 Å². The van der Waals surface area contributed by atoms with Crippen molar-refractivity contribution in [1.29, 1.82) is 0 Å². The van der Waals surface area contributed by atoms with Crippen molar-refractivity contribution >= 4 is 0 Å². The Balaban J connectivity index is 1.69. The smallest absolute Gasteiger partial charge is 0.0476 e. The standard InChI is InChI=1S/C19H24N2/c1-15-8-5-6-11-17(15)14-21-18-12-7-13-20-19(18)16-9-3-2-4-10-16/h2-6,8-11,18-21H,7,12-14H2,1H3/t18-,19-/m0/s1. The number of nitrogens with one attached hydrogen (secondary N) is 2. The lowest BCUT2D eigenvalue weighted by atomic mass is 9.92. The summed E-state index contributed by atoms with van der Waals surface area (Å²) in [5.41, 5.74) is 4.15. The molecule has 0 radical (unpaired) electrons. The second-order valence-electron chi connectivity index (χ2n) is 5.90. The number of hydrogen-bond donors (Lipinski definition) is 2. The molecule has 1 saturated heterocycles. The van der Waals surface area contributed by atoms with Gasteiger partial charge in [0.25, 0.3) is 0 Å². The van der Waals surface area contributed by atoms with Crippen molar-refractivity contribution < 1.29 is 0 Å². The van der Waals surface area contributed by atoms with E-state index >= 15 is 0 Å². The molecule has 2 N–H and O–H groups in total. The van der Waals surface area contributed by atoms with Gasteiger partial charge in [-0.25, -0.2) is 0 Å². The Hall–Kier alpha value is -1.64. The Morgan fingerprint density at radius 2 is 1.81 bits per heavy atom. The van der Waals surface area contributed by atoms with Gasteiger partial charge in [0, 0.05) is 18.6 Å². The summed E-state index contributed by atoms with van der Waals surface area (Å²) in [4.78, 5) is 0. The first kappa shape index (κ1) is 14.3. The molecule has 0 aliphatic carbocycles. The van der Waals surface area contributed by atoms with Crippen molar-refractivity contribution in [1.82, 2.24) is 10.6 Å². The Kier molecular flexibility index (Phi) is 4.69. The Morgan fingerprint density at radius 1 is 1.05 bits per heavy atom. The average molecular weight is 280 g/mol. The molecule has 2 heteroatoms. The average Bonchev–Trinajstić information content (AvgIpc) is 2.55. The van der Waals surface area contributed by atoms with Gasteiger partial charge in [0.05, 0.1) is 0 Å². The highest BCUT2D eigenvalue weighted by Crippen LogP contribution is 2.24. The summed E-state index contributed by atoms with van der Waals surface area (Å²) in [6, 6.07) is 20.4. The number of rotatable bonds is 4. The van der Waals surface area contributed by atoms with Crippen molar-refractivity contribution in [3.05, 3.63) is 71.3 Å². The molecule has 2 atom stereocenters. The van der Waals surface area contributed by atoms with E-state index in [4.69, 9.17) is 0 Å². The number of piperidine rings is 1. The molecule has 1 aliphatic rings. The fraction of sp³-hybridized carbons (Fsp3) is 0.368. The molecule has 21 heavy (non-hydrogen) atoms. The minimum absolute atomic E-state index is 0.420. The lowest BCUT2D eigenvalue weighted by molar-refractivity contribution is 0.304. The number of aryl methyl sites for hydroxylation is 1. The molecule has 2 aromatic carbocycles. The van der Waals surface area contributed by atoms with Gasteiger partial charge in [-0.05, 0) is 43.0 Å². The van der Waals surface area contributed by atoms with Gasteiger partial charge in [-0.1, -0.05) is 54.6 Å². The lowest BCUT2D eigenvalue weighted by Gasteiger charge is -2.34. The van der Waals surface area contributed by atoms with Gasteiger partial charge in [0.2, 0.25) is 0 Å². The van der Waals surface area contributed by atoms with Gasteiger partial charge in [-0.3, -0.25) is 0 Å². The molecule has 0 spiro atoms. The maximum absolute atomic E-state index is 3.76. The molecular weight excluding hydrogens is 256 g/mol. The van der Waals surface area contributed by atoms with Crippen LogP contribution in [0.25, 0.3) is 0 Å². The lowest BCUT2D eigenvalue weighted by Crippen LogP contribution is -2.45. The zero-order chi connectivity index (χ0) is 14.5. The maximum atomic E-state index is 3.76. The van der Waals surface area contributed by atoms with E-state index in [2.05, 4.69) is 72.2 Å². The maximum Gasteiger partial charge on any atom is 0.0476 e. The normalized spacial score (nSPS) is 22.1. The van der Waals surface area contributed by atoms with Crippen molar-refractivity contribution in [2.24, 2.45) is 0 Å². The summed E-state index contributed by atoms with van der Waals surface area (Å²) in [7, 11) is 0. The van der Waals surface area contributed by atoms with Gasteiger partial charge in [-0.2, -0.15) is 0 Å². The minimum atomic E-state index is 0.420. The third kappa shape index (κ3) is 3.52. The third-order valence-corrected chi connectivity index (χ3v) is 4.43. The van der Waals surface area contributed by atoms with E-state index < -0.39 is 0 Å². The third-order valence-electron chi connectivity index (χ3n) is 4.43. The van der Waals surface area contributed by atoms with E-state index in [1.807, 2.05) is 0 Å². The van der Waals surface area contributed by atoms with Crippen LogP contribution in [0.1, 0.15) is 35.6 Å². The molecule has 1 fully saturated rings. The van der Waals surface area contributed by atoms with Gasteiger partial charge in [-0.15, -0.1) is 0 Å². The van der Waals surface area contributed by atoms with Crippen LogP contribution >= 0.6 is 0 Å². The fourth-order valence-corrected chi connectivity index (χ4v) is 3.17. The summed E-state index contributed by atoms with van der Waals surface area (Å²) >= 11 is 0. The SMILES string of the molecule is Cc1ccccc1CN[C@H]1CCCN[C@H]1c1ccccc1. The van der Waals surface area contributed by atoms with Crippen LogP contribution in [0.2, 0.25) is 0 Å². The molecule has 1 heterocycles. The van der Waals surface area contributed by atoms with E-state index in [0.29, 0.717) is 12.1 Å². The highest BCUT2D eigenvalue weighted by atomic mass is 15.0. The summed E-state index contributed by atoms with van der Waals surface area (Å²) in [5, 5.41) is 7.44. The van der Waals surface area contributed by atoms with Crippen LogP contribution in [-0.4, -0.2) is 12.6 Å². The summed E-state index contributed by atoms with van der Waals surface area (Å²) in [6.45, 7) is 4.25. The first-order valence-electron chi connectivity index (χ1n) is 7.91. The molecular formula is C19H24N2. The van der Waals surface area contributed by atoms with E-state index in [9.17, 15) is 0 Å². The predicted octanol–water partition coefficient (Wildman–Crippen LogP) is 3.58. The molecule has 3 rings (SSSR count). The molecule has 0 saturated carbocycles. The van der Waals surface area contributed by atoms with Gasteiger partial charge in [0.1, 0.15) is 0 Å². The van der Waals surface area contributed by atoms with Crippen molar-refractivity contribution in [3.63, 3.8) is 0 Å². The predicted molar refractivity (Wildman–Crippen MR) is 88.2 cm³/mol. The molecule has 2 aromatic rings. The first-order chi connectivity index (χ1) is 10.3. The molecule has 2 nitrogen and oxygen atoms in total. The largest absolute Gasteiger partial charge is 0.309 e. The van der Waals surface area contributed by atoms with Gasteiger partial charge < -0.3 is 10.6 Å². The summed E-state index contributed by atoms with van der Waals surface area (Å²) < 4.78 is 0. The van der Waals surface area contributed by atoms with E-state index in [1.54, 1.807) is 0 Å². The first-order valence-corrected chi connectivity index (χ1v) is 7.91. The molecule has 0 amide bonds. The van der Waals surface area contributed by atoms with Crippen LogP contribution in [-0.2, 0) is 6.54 Å². The second-order valence-corrected chi connectivity index (χ2v) is 5.90. The zero-order valence-electron chi connectivity index (χ0n) is 12.7. The molecule has 110 valence electrons. The Morgan fingerprint density at radius 3 is 2.62 bits per heavy atom. The zero-order valence-corrected chi connectivity index (χ0v) is 12.7. The number of hydrogen-bond acceptors (Lipinski definition) is 2. The molecule has 0 unspecified atom stereocenters. The van der Waals surface area contributed by atoms with Crippen LogP contribution in [0, 0.1) is 6.92 Å². The van der Waals surface area contributed by atoms with Crippen LogP contribution in [0.3, 0.4) is 0 Å². The summed E-state index contributed by atoms with van der Waals surface area (Å²) in [6.07, 6.45) is 2.48. The van der Waals surface area contributed by atoms with Crippen LogP contribution < -0.4 is 10.6 Å². The fourth-order valence-electron chi connectivity index (χ4n) is 3.17. The van der Waals surface area contributed by atoms with Crippen LogP contribution in [0.4, 0.5) is 0 Å². The van der Waals surface area contributed by atoms with Crippen LogP contribution in [0.15, 0.2) is 54.6 Å². The summed E-state index contributed by atoms with van der Waals surface area (Å²) in [5.74, 6) is 0. The van der Waals surface area contributed by atoms with Gasteiger partial charge >= 0.3 is 0 Å².